The summed E-state index contributed by atoms with van der Waals surface area (Å²) in [5, 5.41) is 12.3. The molecule has 7 heteroatoms. The molecule has 1 aromatic heterocycles. The van der Waals surface area contributed by atoms with E-state index in [9.17, 15) is 0 Å². The number of aromatic nitrogens is 2. The van der Waals surface area contributed by atoms with Crippen LogP contribution < -0.4 is 10.6 Å². The van der Waals surface area contributed by atoms with Crippen molar-refractivity contribution in [1.82, 2.24) is 20.4 Å². The molecule has 0 atom stereocenters. The minimum Gasteiger partial charge on any atom is -0.383 e. The maximum absolute atomic E-state index is 6.20. The van der Waals surface area contributed by atoms with Gasteiger partial charge in [-0.25, -0.2) is 4.99 Å². The Morgan fingerprint density at radius 3 is 2.76 bits per heavy atom. The molecule has 1 fully saturated rings. The number of ether oxygens (including phenoxy) is 1. The van der Waals surface area contributed by atoms with Crippen LogP contribution in [-0.2, 0) is 23.2 Å². The smallest absolute Gasteiger partial charge is 0.191 e. The van der Waals surface area contributed by atoms with Gasteiger partial charge in [-0.2, -0.15) is 5.10 Å². The largest absolute Gasteiger partial charge is 0.383 e. The summed E-state index contributed by atoms with van der Waals surface area (Å²) in [6.07, 6.45) is 2.34. The standard InChI is InChI=1S/C22H32ClN5O/c1-5-24-21(25-14-20-16(2)27-28(17(20)3)11-12-29-4)26-15-22(9-10-22)18-7-6-8-19(23)13-18/h6-8,13H,5,9-12,14-15H2,1-4H3,(H2,24,25,26). The van der Waals surface area contributed by atoms with Crippen molar-refractivity contribution in [2.45, 2.75) is 52.1 Å². The van der Waals surface area contributed by atoms with Crippen LogP contribution in [0.5, 0.6) is 0 Å². The number of guanidine groups is 1. The molecule has 3 rings (SSSR count). The molecule has 1 heterocycles. The second-order valence-corrected chi connectivity index (χ2v) is 8.14. The average molecular weight is 418 g/mol. The van der Waals surface area contributed by atoms with Gasteiger partial charge < -0.3 is 15.4 Å². The van der Waals surface area contributed by atoms with Gasteiger partial charge in [-0.1, -0.05) is 23.7 Å². The molecular formula is C22H32ClN5O. The third kappa shape index (κ3) is 5.31. The average Bonchev–Trinajstić information content (AvgIpc) is 3.45. The van der Waals surface area contributed by atoms with E-state index < -0.39 is 0 Å². The number of hydrogen-bond donors (Lipinski definition) is 2. The molecule has 0 aliphatic heterocycles. The Morgan fingerprint density at radius 2 is 2.10 bits per heavy atom. The highest BCUT2D eigenvalue weighted by Gasteiger charge is 2.44. The van der Waals surface area contributed by atoms with Gasteiger partial charge in [0.15, 0.2) is 5.96 Å². The number of methoxy groups -OCH3 is 1. The first-order valence-corrected chi connectivity index (χ1v) is 10.7. The van der Waals surface area contributed by atoms with E-state index in [1.54, 1.807) is 7.11 Å². The molecule has 0 spiro atoms. The van der Waals surface area contributed by atoms with E-state index in [4.69, 9.17) is 21.3 Å². The second kappa shape index (κ2) is 9.63. The zero-order valence-electron chi connectivity index (χ0n) is 17.9. The van der Waals surface area contributed by atoms with Crippen molar-refractivity contribution in [3.8, 4) is 0 Å². The third-order valence-electron chi connectivity index (χ3n) is 5.66. The normalized spacial score (nSPS) is 15.4. The first-order chi connectivity index (χ1) is 14.0. The second-order valence-electron chi connectivity index (χ2n) is 7.70. The van der Waals surface area contributed by atoms with Gasteiger partial charge in [-0.15, -0.1) is 0 Å². The minimum absolute atomic E-state index is 0.165. The summed E-state index contributed by atoms with van der Waals surface area (Å²) in [6.45, 7) is 9.91. The Labute approximate surface area is 178 Å². The Morgan fingerprint density at radius 1 is 1.31 bits per heavy atom. The summed E-state index contributed by atoms with van der Waals surface area (Å²) in [5.74, 6) is 0.837. The fourth-order valence-electron chi connectivity index (χ4n) is 3.65. The highest BCUT2D eigenvalue weighted by molar-refractivity contribution is 6.30. The molecule has 158 valence electrons. The van der Waals surface area contributed by atoms with Gasteiger partial charge in [0.05, 0.1) is 25.4 Å². The number of hydrogen-bond acceptors (Lipinski definition) is 3. The van der Waals surface area contributed by atoms with E-state index in [0.717, 1.165) is 42.0 Å². The van der Waals surface area contributed by atoms with Gasteiger partial charge in [-0.05, 0) is 51.3 Å². The summed E-state index contributed by atoms with van der Waals surface area (Å²) in [6, 6.07) is 8.22. The fraction of sp³-hybridized carbons (Fsp3) is 0.545. The molecule has 0 amide bonds. The molecule has 0 bridgehead atoms. The van der Waals surface area contributed by atoms with Gasteiger partial charge in [-0.3, -0.25) is 4.68 Å². The van der Waals surface area contributed by atoms with E-state index >= 15 is 0 Å². The molecule has 1 aliphatic carbocycles. The Balaban J connectivity index is 1.67. The maximum atomic E-state index is 6.20. The monoisotopic (exact) mass is 417 g/mol. The predicted molar refractivity (Wildman–Crippen MR) is 119 cm³/mol. The number of nitrogens with zero attached hydrogens (tertiary/aromatic N) is 3. The van der Waals surface area contributed by atoms with E-state index in [-0.39, 0.29) is 5.41 Å². The van der Waals surface area contributed by atoms with Crippen molar-refractivity contribution >= 4 is 17.6 Å². The van der Waals surface area contributed by atoms with Gasteiger partial charge >= 0.3 is 0 Å². The quantitative estimate of drug-likeness (QED) is 0.483. The third-order valence-corrected chi connectivity index (χ3v) is 5.90. The number of nitrogens with one attached hydrogen (secondary N) is 2. The van der Waals surface area contributed by atoms with Crippen LogP contribution in [0.2, 0.25) is 5.02 Å². The SMILES string of the molecule is CCNC(=NCc1c(C)nn(CCOC)c1C)NCC1(c2cccc(Cl)c2)CC1. The summed E-state index contributed by atoms with van der Waals surface area (Å²) < 4.78 is 7.18. The molecule has 0 saturated heterocycles. The summed E-state index contributed by atoms with van der Waals surface area (Å²) in [7, 11) is 1.71. The highest BCUT2D eigenvalue weighted by Crippen LogP contribution is 2.48. The Bertz CT molecular complexity index is 857. The molecule has 0 radical (unpaired) electrons. The summed E-state index contributed by atoms with van der Waals surface area (Å²) >= 11 is 6.20. The van der Waals surface area contributed by atoms with Crippen LogP contribution >= 0.6 is 11.6 Å². The lowest BCUT2D eigenvalue weighted by Crippen LogP contribution is -2.41. The van der Waals surface area contributed by atoms with E-state index in [2.05, 4.69) is 41.7 Å². The lowest BCUT2D eigenvalue weighted by molar-refractivity contribution is 0.182. The van der Waals surface area contributed by atoms with Crippen LogP contribution in [0.3, 0.4) is 0 Å². The highest BCUT2D eigenvalue weighted by atomic mass is 35.5. The van der Waals surface area contributed by atoms with Crippen molar-refractivity contribution in [2.75, 3.05) is 26.8 Å². The lowest BCUT2D eigenvalue weighted by Gasteiger charge is -2.19. The lowest BCUT2D eigenvalue weighted by atomic mass is 9.96. The number of halogens is 1. The molecule has 1 aromatic carbocycles. The first kappa shape index (κ1) is 21.7. The Kier molecular flexibility index (Phi) is 7.19. The molecule has 2 N–H and O–H groups in total. The molecule has 0 unspecified atom stereocenters. The summed E-state index contributed by atoms with van der Waals surface area (Å²) in [5.41, 5.74) is 4.82. The van der Waals surface area contributed by atoms with E-state index in [0.29, 0.717) is 13.2 Å². The van der Waals surface area contributed by atoms with Crippen LogP contribution in [0, 0.1) is 13.8 Å². The van der Waals surface area contributed by atoms with E-state index in [1.807, 2.05) is 23.7 Å². The van der Waals surface area contributed by atoms with Crippen LogP contribution in [0.4, 0.5) is 0 Å². The van der Waals surface area contributed by atoms with Crippen molar-refractivity contribution in [3.63, 3.8) is 0 Å². The van der Waals surface area contributed by atoms with Crippen molar-refractivity contribution < 1.29 is 4.74 Å². The molecule has 2 aromatic rings. The van der Waals surface area contributed by atoms with Crippen molar-refractivity contribution in [2.24, 2.45) is 4.99 Å². The Hall–Kier alpha value is -2.05. The van der Waals surface area contributed by atoms with Crippen LogP contribution in [0.1, 0.15) is 42.3 Å². The molecule has 6 nitrogen and oxygen atoms in total. The van der Waals surface area contributed by atoms with Gasteiger partial charge in [0, 0.05) is 41.9 Å². The van der Waals surface area contributed by atoms with Crippen LogP contribution in [0.25, 0.3) is 0 Å². The molecule has 1 saturated carbocycles. The van der Waals surface area contributed by atoms with Gasteiger partial charge in [0.25, 0.3) is 0 Å². The van der Waals surface area contributed by atoms with Gasteiger partial charge in [0.2, 0.25) is 0 Å². The minimum atomic E-state index is 0.165. The number of aliphatic imine (C=N–C) groups is 1. The fourth-order valence-corrected chi connectivity index (χ4v) is 3.84. The zero-order chi connectivity index (χ0) is 20.9. The molecule has 1 aliphatic rings. The summed E-state index contributed by atoms with van der Waals surface area (Å²) in [4.78, 5) is 4.82. The van der Waals surface area contributed by atoms with Crippen molar-refractivity contribution in [1.29, 1.82) is 0 Å². The molecular weight excluding hydrogens is 386 g/mol. The predicted octanol–water partition coefficient (Wildman–Crippen LogP) is 3.59. The van der Waals surface area contributed by atoms with Crippen molar-refractivity contribution in [3.05, 3.63) is 51.8 Å². The maximum Gasteiger partial charge on any atom is 0.191 e. The number of rotatable bonds is 9. The van der Waals surface area contributed by atoms with E-state index in [1.165, 1.54) is 24.0 Å². The van der Waals surface area contributed by atoms with Crippen LogP contribution in [-0.4, -0.2) is 42.5 Å². The van der Waals surface area contributed by atoms with Gasteiger partial charge in [0.1, 0.15) is 0 Å². The molecule has 29 heavy (non-hydrogen) atoms. The first-order valence-electron chi connectivity index (χ1n) is 10.3. The van der Waals surface area contributed by atoms with Crippen LogP contribution in [0.15, 0.2) is 29.3 Å². The zero-order valence-corrected chi connectivity index (χ0v) is 18.6. The topological polar surface area (TPSA) is 63.5 Å². The number of benzene rings is 1. The number of aryl methyl sites for hydroxylation is 1.